The van der Waals surface area contributed by atoms with Crippen molar-refractivity contribution in [2.45, 2.75) is 19.4 Å². The van der Waals surface area contributed by atoms with Crippen LogP contribution in [0.1, 0.15) is 24.9 Å². The third kappa shape index (κ3) is 3.67. The summed E-state index contributed by atoms with van der Waals surface area (Å²) < 4.78 is 5.15. The molecule has 0 spiro atoms. The van der Waals surface area contributed by atoms with Gasteiger partial charge in [0.15, 0.2) is 0 Å². The van der Waals surface area contributed by atoms with Crippen molar-refractivity contribution in [3.05, 3.63) is 24.2 Å². The zero-order chi connectivity index (χ0) is 9.80. The lowest BCUT2D eigenvalue weighted by Gasteiger charge is -2.33. The van der Waals surface area contributed by atoms with Gasteiger partial charge in [-0.15, -0.1) is 24.8 Å². The molecule has 16 heavy (non-hydrogen) atoms. The van der Waals surface area contributed by atoms with Crippen molar-refractivity contribution >= 4 is 24.8 Å². The van der Waals surface area contributed by atoms with E-state index >= 15 is 0 Å². The van der Waals surface area contributed by atoms with Gasteiger partial charge in [0.2, 0.25) is 0 Å². The van der Waals surface area contributed by atoms with Crippen LogP contribution in [0.4, 0.5) is 0 Å². The fourth-order valence-corrected chi connectivity index (χ4v) is 2.16. The smallest absolute Gasteiger partial charge is 0.0950 e. The number of hydrogen-bond donors (Lipinski definition) is 1. The molecule has 0 saturated carbocycles. The van der Waals surface area contributed by atoms with Gasteiger partial charge >= 0.3 is 0 Å². The van der Waals surface area contributed by atoms with Gasteiger partial charge in [-0.2, -0.15) is 0 Å². The average molecular weight is 267 g/mol. The molecule has 3 nitrogen and oxygen atoms in total. The minimum absolute atomic E-state index is 0. The molecule has 0 unspecified atom stereocenters. The third-order valence-corrected chi connectivity index (χ3v) is 2.91. The number of piperazine rings is 1. The number of halogens is 2. The van der Waals surface area contributed by atoms with E-state index in [2.05, 4.69) is 23.2 Å². The summed E-state index contributed by atoms with van der Waals surface area (Å²) in [5.41, 5.74) is 1.31. The highest BCUT2D eigenvalue weighted by Gasteiger charge is 2.20. The van der Waals surface area contributed by atoms with Gasteiger partial charge in [-0.05, 0) is 12.5 Å². The van der Waals surface area contributed by atoms with E-state index in [1.165, 1.54) is 5.56 Å². The molecule has 1 atom stereocenters. The van der Waals surface area contributed by atoms with Crippen LogP contribution in [-0.2, 0) is 0 Å². The largest absolute Gasteiger partial charge is 0.472 e. The van der Waals surface area contributed by atoms with Crippen molar-refractivity contribution < 1.29 is 4.42 Å². The summed E-state index contributed by atoms with van der Waals surface area (Å²) in [7, 11) is 0. The van der Waals surface area contributed by atoms with Crippen LogP contribution >= 0.6 is 24.8 Å². The van der Waals surface area contributed by atoms with Gasteiger partial charge in [0.05, 0.1) is 12.5 Å². The van der Waals surface area contributed by atoms with E-state index in [-0.39, 0.29) is 24.8 Å². The van der Waals surface area contributed by atoms with Gasteiger partial charge in [-0.3, -0.25) is 4.90 Å². The summed E-state index contributed by atoms with van der Waals surface area (Å²) in [5, 5.41) is 3.37. The Morgan fingerprint density at radius 3 is 2.56 bits per heavy atom. The highest BCUT2D eigenvalue weighted by molar-refractivity contribution is 5.85. The maximum Gasteiger partial charge on any atom is 0.0950 e. The first-order valence-corrected chi connectivity index (χ1v) is 5.38. The van der Waals surface area contributed by atoms with E-state index in [1.807, 2.05) is 6.26 Å². The van der Waals surface area contributed by atoms with Crippen LogP contribution in [-0.4, -0.2) is 31.1 Å². The molecule has 94 valence electrons. The number of furan rings is 1. The average Bonchev–Trinajstić information content (AvgIpc) is 2.74. The summed E-state index contributed by atoms with van der Waals surface area (Å²) in [6.45, 7) is 6.73. The zero-order valence-electron chi connectivity index (χ0n) is 9.52. The van der Waals surface area contributed by atoms with Crippen molar-refractivity contribution in [2.24, 2.45) is 0 Å². The Labute approximate surface area is 109 Å². The predicted molar refractivity (Wildman–Crippen MR) is 70.7 cm³/mol. The standard InChI is InChI=1S/C11H18N2O.2ClH/c1-2-11(10-3-8-14-9-10)13-6-4-12-5-7-13;;/h3,8-9,11-12H,2,4-7H2,1H3;2*1H/t11-;;/m0../s1. The van der Waals surface area contributed by atoms with Gasteiger partial charge < -0.3 is 9.73 Å². The molecule has 1 N–H and O–H groups in total. The van der Waals surface area contributed by atoms with Gasteiger partial charge in [0.25, 0.3) is 0 Å². The lowest BCUT2D eigenvalue weighted by Crippen LogP contribution is -2.44. The molecule has 1 aliphatic heterocycles. The monoisotopic (exact) mass is 266 g/mol. The molecule has 1 fully saturated rings. The van der Waals surface area contributed by atoms with E-state index in [1.54, 1.807) is 6.26 Å². The molecule has 2 heterocycles. The molecule has 0 aromatic carbocycles. The number of nitrogens with zero attached hydrogens (tertiary/aromatic N) is 1. The van der Waals surface area contributed by atoms with E-state index in [4.69, 9.17) is 4.42 Å². The molecular formula is C11H20Cl2N2O. The van der Waals surface area contributed by atoms with Crippen molar-refractivity contribution in [3.63, 3.8) is 0 Å². The number of rotatable bonds is 3. The molecule has 1 aromatic rings. The molecule has 0 bridgehead atoms. The normalized spacial score (nSPS) is 18.3. The van der Waals surface area contributed by atoms with Crippen LogP contribution in [0.5, 0.6) is 0 Å². The Bertz CT molecular complexity index is 261. The van der Waals surface area contributed by atoms with Crippen LogP contribution in [0.25, 0.3) is 0 Å². The zero-order valence-corrected chi connectivity index (χ0v) is 11.1. The van der Waals surface area contributed by atoms with Crippen LogP contribution in [0, 0.1) is 0 Å². The second kappa shape index (κ2) is 7.96. The molecular weight excluding hydrogens is 247 g/mol. The summed E-state index contributed by atoms with van der Waals surface area (Å²) in [6.07, 6.45) is 4.79. The van der Waals surface area contributed by atoms with Crippen LogP contribution in [0.2, 0.25) is 0 Å². The van der Waals surface area contributed by atoms with Crippen molar-refractivity contribution in [1.82, 2.24) is 10.2 Å². The predicted octanol–water partition coefficient (Wildman–Crippen LogP) is 2.48. The second-order valence-electron chi connectivity index (χ2n) is 3.77. The minimum Gasteiger partial charge on any atom is -0.472 e. The Hall–Kier alpha value is -0.220. The Morgan fingerprint density at radius 2 is 2.06 bits per heavy atom. The topological polar surface area (TPSA) is 28.4 Å². The van der Waals surface area contributed by atoms with Crippen LogP contribution in [0.15, 0.2) is 23.0 Å². The highest BCUT2D eigenvalue weighted by atomic mass is 35.5. The lowest BCUT2D eigenvalue weighted by atomic mass is 10.1. The molecule has 0 amide bonds. The maximum absolute atomic E-state index is 5.15. The van der Waals surface area contributed by atoms with Gasteiger partial charge in [0.1, 0.15) is 0 Å². The first-order valence-electron chi connectivity index (χ1n) is 5.38. The van der Waals surface area contributed by atoms with Crippen LogP contribution < -0.4 is 5.32 Å². The Kier molecular flexibility index (Phi) is 7.85. The quantitative estimate of drug-likeness (QED) is 0.912. The maximum atomic E-state index is 5.15. The third-order valence-electron chi connectivity index (χ3n) is 2.91. The SMILES string of the molecule is CC[C@@H](c1ccoc1)N1CCNCC1.Cl.Cl. The first-order chi connectivity index (χ1) is 6.92. The van der Waals surface area contributed by atoms with Crippen LogP contribution in [0.3, 0.4) is 0 Å². The van der Waals surface area contributed by atoms with Crippen molar-refractivity contribution in [1.29, 1.82) is 0 Å². The molecule has 2 rings (SSSR count). The van der Waals surface area contributed by atoms with E-state index in [9.17, 15) is 0 Å². The molecule has 5 heteroatoms. The summed E-state index contributed by atoms with van der Waals surface area (Å²) in [6, 6.07) is 2.62. The van der Waals surface area contributed by atoms with Gasteiger partial charge in [-0.25, -0.2) is 0 Å². The second-order valence-corrected chi connectivity index (χ2v) is 3.77. The lowest BCUT2D eigenvalue weighted by molar-refractivity contribution is 0.169. The fraction of sp³-hybridized carbons (Fsp3) is 0.636. The molecule has 1 saturated heterocycles. The Balaban J connectivity index is 0.00000112. The van der Waals surface area contributed by atoms with Gasteiger partial charge in [-0.1, -0.05) is 6.92 Å². The number of hydrogen-bond acceptors (Lipinski definition) is 3. The fourth-order valence-electron chi connectivity index (χ4n) is 2.16. The molecule has 0 aliphatic carbocycles. The first kappa shape index (κ1) is 15.8. The van der Waals surface area contributed by atoms with Crippen molar-refractivity contribution in [2.75, 3.05) is 26.2 Å². The summed E-state index contributed by atoms with van der Waals surface area (Å²) >= 11 is 0. The van der Waals surface area contributed by atoms with E-state index < -0.39 is 0 Å². The molecule has 1 aliphatic rings. The molecule has 1 aromatic heterocycles. The van der Waals surface area contributed by atoms with Gasteiger partial charge in [0, 0.05) is 37.8 Å². The Morgan fingerprint density at radius 1 is 1.38 bits per heavy atom. The summed E-state index contributed by atoms with van der Waals surface area (Å²) in [4.78, 5) is 2.53. The number of nitrogens with one attached hydrogen (secondary N) is 1. The molecule has 0 radical (unpaired) electrons. The minimum atomic E-state index is 0. The van der Waals surface area contributed by atoms with Crippen molar-refractivity contribution in [3.8, 4) is 0 Å². The summed E-state index contributed by atoms with van der Waals surface area (Å²) in [5.74, 6) is 0. The van der Waals surface area contributed by atoms with E-state index in [0.29, 0.717) is 6.04 Å². The highest BCUT2D eigenvalue weighted by Crippen LogP contribution is 2.24. The van der Waals surface area contributed by atoms with E-state index in [0.717, 1.165) is 32.6 Å².